The van der Waals surface area contributed by atoms with Crippen LogP contribution < -0.4 is 5.48 Å². The predicted molar refractivity (Wildman–Crippen MR) is 50.5 cm³/mol. The smallest absolute Gasteiger partial charge is 0.249 e. The zero-order chi connectivity index (χ0) is 9.76. The van der Waals surface area contributed by atoms with Crippen molar-refractivity contribution < 1.29 is 10.0 Å². The molecule has 0 unspecified atom stereocenters. The average Bonchev–Trinajstić information content (AvgIpc) is 2.14. The van der Waals surface area contributed by atoms with E-state index in [1.165, 1.54) is 19.3 Å². The fourth-order valence-corrected chi connectivity index (χ4v) is 4.51. The molecular weight excluding hydrogens is 178 g/mol. The number of amides is 1. The molecule has 1 amide bonds. The molecule has 3 heteroatoms. The lowest BCUT2D eigenvalue weighted by Gasteiger charge is -2.55. The van der Waals surface area contributed by atoms with Crippen LogP contribution >= 0.6 is 0 Å². The summed E-state index contributed by atoms with van der Waals surface area (Å²) >= 11 is 0. The molecule has 4 bridgehead atoms. The highest BCUT2D eigenvalue weighted by atomic mass is 16.5. The second-order valence-corrected chi connectivity index (χ2v) is 5.64. The van der Waals surface area contributed by atoms with E-state index in [2.05, 4.69) is 0 Å². The van der Waals surface area contributed by atoms with E-state index >= 15 is 0 Å². The summed E-state index contributed by atoms with van der Waals surface area (Å²) in [5.41, 5.74) is 1.69. The number of carbonyl (C=O) groups excluding carboxylic acids is 1. The van der Waals surface area contributed by atoms with Gasteiger partial charge >= 0.3 is 0 Å². The summed E-state index contributed by atoms with van der Waals surface area (Å²) in [5, 5.41) is 8.80. The average molecular weight is 195 g/mol. The van der Waals surface area contributed by atoms with Crippen LogP contribution in [0.1, 0.15) is 38.5 Å². The second kappa shape index (κ2) is 2.72. The fraction of sp³-hybridized carbons (Fsp3) is 0.909. The summed E-state index contributed by atoms with van der Waals surface area (Å²) in [6, 6.07) is 0. The second-order valence-electron chi connectivity index (χ2n) is 5.64. The zero-order valence-electron chi connectivity index (χ0n) is 8.33. The topological polar surface area (TPSA) is 49.3 Å². The lowest BCUT2D eigenvalue weighted by molar-refractivity contribution is -0.155. The Morgan fingerprint density at radius 1 is 1.07 bits per heavy atom. The molecular formula is C11H17NO2. The van der Waals surface area contributed by atoms with Gasteiger partial charge < -0.3 is 0 Å². The molecule has 4 fully saturated rings. The Kier molecular flexibility index (Phi) is 1.69. The Morgan fingerprint density at radius 2 is 1.50 bits per heavy atom. The van der Waals surface area contributed by atoms with Crippen LogP contribution in [0.5, 0.6) is 0 Å². The van der Waals surface area contributed by atoms with Gasteiger partial charge in [0.15, 0.2) is 0 Å². The molecule has 0 aromatic heterocycles. The van der Waals surface area contributed by atoms with Crippen LogP contribution in [-0.4, -0.2) is 11.1 Å². The van der Waals surface area contributed by atoms with Gasteiger partial charge in [0.25, 0.3) is 0 Å². The maximum Gasteiger partial charge on any atom is 0.249 e. The van der Waals surface area contributed by atoms with E-state index < -0.39 is 0 Å². The SMILES string of the molecule is O=C(NO)C12CC3CC(CC(C3)C1)C2. The van der Waals surface area contributed by atoms with Crippen molar-refractivity contribution in [3.05, 3.63) is 0 Å². The molecule has 14 heavy (non-hydrogen) atoms. The first-order valence-corrected chi connectivity index (χ1v) is 5.66. The molecule has 4 rings (SSSR count). The summed E-state index contributed by atoms with van der Waals surface area (Å²) in [4.78, 5) is 11.7. The van der Waals surface area contributed by atoms with Crippen molar-refractivity contribution in [3.8, 4) is 0 Å². The summed E-state index contributed by atoms with van der Waals surface area (Å²) in [6.07, 6.45) is 7.05. The van der Waals surface area contributed by atoms with Gasteiger partial charge in [-0.1, -0.05) is 0 Å². The quantitative estimate of drug-likeness (QED) is 0.494. The van der Waals surface area contributed by atoms with Crippen molar-refractivity contribution in [2.24, 2.45) is 23.2 Å². The van der Waals surface area contributed by atoms with Crippen molar-refractivity contribution in [3.63, 3.8) is 0 Å². The number of hydrogen-bond donors (Lipinski definition) is 2. The van der Waals surface area contributed by atoms with Gasteiger partial charge in [0.2, 0.25) is 5.91 Å². The van der Waals surface area contributed by atoms with E-state index in [0.717, 1.165) is 37.0 Å². The maximum atomic E-state index is 11.7. The van der Waals surface area contributed by atoms with Crippen LogP contribution in [0, 0.1) is 23.2 Å². The van der Waals surface area contributed by atoms with E-state index in [-0.39, 0.29) is 11.3 Å². The van der Waals surface area contributed by atoms with Gasteiger partial charge in [-0.2, -0.15) is 0 Å². The molecule has 0 atom stereocenters. The molecule has 0 radical (unpaired) electrons. The molecule has 0 spiro atoms. The number of rotatable bonds is 1. The van der Waals surface area contributed by atoms with E-state index in [1.807, 2.05) is 5.48 Å². The first-order chi connectivity index (χ1) is 6.72. The monoisotopic (exact) mass is 195 g/mol. The predicted octanol–water partition coefficient (Wildman–Crippen LogP) is 1.71. The van der Waals surface area contributed by atoms with Gasteiger partial charge in [-0.25, -0.2) is 5.48 Å². The third-order valence-electron chi connectivity index (χ3n) is 4.62. The van der Waals surface area contributed by atoms with Gasteiger partial charge in [-0.15, -0.1) is 0 Å². The standard InChI is InChI=1S/C11H17NO2/c13-10(12-14)11-4-7-1-8(5-11)3-9(2-7)6-11/h7-9,14H,1-6H2,(H,12,13). The summed E-state index contributed by atoms with van der Waals surface area (Å²) in [5.74, 6) is 2.17. The van der Waals surface area contributed by atoms with Gasteiger partial charge in [0.05, 0.1) is 5.41 Å². The number of carbonyl (C=O) groups is 1. The van der Waals surface area contributed by atoms with Gasteiger partial charge in [0.1, 0.15) is 0 Å². The van der Waals surface area contributed by atoms with E-state index in [1.54, 1.807) is 0 Å². The van der Waals surface area contributed by atoms with E-state index in [4.69, 9.17) is 5.21 Å². The van der Waals surface area contributed by atoms with Gasteiger partial charge in [-0.3, -0.25) is 10.0 Å². The molecule has 0 saturated heterocycles. The fourth-order valence-electron chi connectivity index (χ4n) is 4.51. The molecule has 3 nitrogen and oxygen atoms in total. The highest BCUT2D eigenvalue weighted by Crippen LogP contribution is 2.59. The summed E-state index contributed by atoms with van der Waals surface area (Å²) in [7, 11) is 0. The molecule has 4 aliphatic rings. The molecule has 0 aromatic carbocycles. The highest BCUT2D eigenvalue weighted by Gasteiger charge is 2.54. The Balaban J connectivity index is 1.91. The van der Waals surface area contributed by atoms with Crippen LogP contribution in [0.25, 0.3) is 0 Å². The number of hydrogen-bond acceptors (Lipinski definition) is 2. The highest BCUT2D eigenvalue weighted by molar-refractivity contribution is 5.82. The van der Waals surface area contributed by atoms with Crippen LogP contribution in [-0.2, 0) is 4.79 Å². The van der Waals surface area contributed by atoms with Crippen molar-refractivity contribution in [1.29, 1.82) is 0 Å². The molecule has 4 saturated carbocycles. The summed E-state index contributed by atoms with van der Waals surface area (Å²) < 4.78 is 0. The lowest BCUT2D eigenvalue weighted by Crippen LogP contribution is -2.53. The Bertz CT molecular complexity index is 239. The Morgan fingerprint density at radius 3 is 1.86 bits per heavy atom. The zero-order valence-corrected chi connectivity index (χ0v) is 8.33. The third-order valence-corrected chi connectivity index (χ3v) is 4.62. The van der Waals surface area contributed by atoms with Crippen molar-refractivity contribution >= 4 is 5.91 Å². The Labute approximate surface area is 83.8 Å². The maximum absolute atomic E-state index is 11.7. The number of nitrogens with one attached hydrogen (secondary N) is 1. The molecule has 78 valence electrons. The van der Waals surface area contributed by atoms with Crippen LogP contribution in [0.15, 0.2) is 0 Å². The molecule has 4 aliphatic carbocycles. The summed E-state index contributed by atoms with van der Waals surface area (Å²) in [6.45, 7) is 0. The lowest BCUT2D eigenvalue weighted by atomic mass is 9.49. The van der Waals surface area contributed by atoms with Gasteiger partial charge in [0, 0.05) is 0 Å². The first-order valence-electron chi connectivity index (χ1n) is 5.66. The molecule has 0 aliphatic heterocycles. The van der Waals surface area contributed by atoms with Crippen LogP contribution in [0.3, 0.4) is 0 Å². The first kappa shape index (κ1) is 8.72. The Hall–Kier alpha value is -0.570. The van der Waals surface area contributed by atoms with Crippen LogP contribution in [0.2, 0.25) is 0 Å². The van der Waals surface area contributed by atoms with Crippen molar-refractivity contribution in [1.82, 2.24) is 5.48 Å². The number of hydroxylamine groups is 1. The normalized spacial score (nSPS) is 49.4. The molecule has 2 N–H and O–H groups in total. The minimum absolute atomic E-state index is 0.114. The van der Waals surface area contributed by atoms with Gasteiger partial charge in [-0.05, 0) is 56.3 Å². The van der Waals surface area contributed by atoms with Crippen molar-refractivity contribution in [2.45, 2.75) is 38.5 Å². The van der Waals surface area contributed by atoms with E-state index in [0.29, 0.717) is 0 Å². The third kappa shape index (κ3) is 1.05. The largest absolute Gasteiger partial charge is 0.289 e. The van der Waals surface area contributed by atoms with Crippen molar-refractivity contribution in [2.75, 3.05) is 0 Å². The molecule has 0 heterocycles. The minimum Gasteiger partial charge on any atom is -0.289 e. The molecule has 0 aromatic rings. The van der Waals surface area contributed by atoms with E-state index in [9.17, 15) is 4.79 Å². The minimum atomic E-state index is -0.191. The van der Waals surface area contributed by atoms with Crippen LogP contribution in [0.4, 0.5) is 0 Å².